The minimum absolute atomic E-state index is 0.243. The second-order valence-corrected chi connectivity index (χ2v) is 5.85. The molecule has 0 aliphatic carbocycles. The minimum atomic E-state index is -3.45. The van der Waals surface area contributed by atoms with Gasteiger partial charge >= 0.3 is 0 Å². The molecule has 0 fully saturated rings. The Morgan fingerprint density at radius 3 is 2.53 bits per heavy atom. The van der Waals surface area contributed by atoms with Gasteiger partial charge in [0, 0.05) is 19.7 Å². The maximum atomic E-state index is 12.0. The third-order valence-electron chi connectivity index (χ3n) is 2.26. The third-order valence-corrected chi connectivity index (χ3v) is 4.22. The van der Waals surface area contributed by atoms with Crippen molar-refractivity contribution in [2.75, 3.05) is 20.7 Å². The number of hydrogen-bond donors (Lipinski definition) is 1. The first-order chi connectivity index (χ1) is 7.89. The van der Waals surface area contributed by atoms with E-state index in [0.717, 1.165) is 0 Å². The van der Waals surface area contributed by atoms with Crippen LogP contribution in [-0.2, 0) is 10.0 Å². The van der Waals surface area contributed by atoms with Gasteiger partial charge in [0.25, 0.3) is 0 Å². The molecule has 0 aliphatic heterocycles. The lowest BCUT2D eigenvalue weighted by Crippen LogP contribution is -2.23. The molecule has 4 nitrogen and oxygen atoms in total. The van der Waals surface area contributed by atoms with Crippen molar-refractivity contribution >= 4 is 10.0 Å². The fourth-order valence-electron chi connectivity index (χ4n) is 1.29. The Labute approximate surface area is 102 Å². The normalized spacial score (nSPS) is 11.1. The summed E-state index contributed by atoms with van der Waals surface area (Å²) in [5, 5.41) is 8.60. The summed E-state index contributed by atoms with van der Waals surface area (Å²) in [6.45, 7) is 1.49. The third kappa shape index (κ3) is 3.07. The zero-order valence-corrected chi connectivity index (χ0v) is 10.9. The Balaban J connectivity index is 3.34. The van der Waals surface area contributed by atoms with E-state index in [-0.39, 0.29) is 11.5 Å². The smallest absolute Gasteiger partial charge is 0.242 e. The van der Waals surface area contributed by atoms with Gasteiger partial charge in [0.2, 0.25) is 10.0 Å². The lowest BCUT2D eigenvalue weighted by atomic mass is 10.1. The van der Waals surface area contributed by atoms with Crippen LogP contribution in [0.1, 0.15) is 11.1 Å². The quantitative estimate of drug-likeness (QED) is 0.785. The van der Waals surface area contributed by atoms with Crippen molar-refractivity contribution < 1.29 is 13.5 Å². The van der Waals surface area contributed by atoms with Gasteiger partial charge in [0.15, 0.2) is 0 Å². The van der Waals surface area contributed by atoms with Crippen molar-refractivity contribution in [3.8, 4) is 11.8 Å². The molecule has 0 saturated carbocycles. The Kier molecular flexibility index (Phi) is 4.29. The van der Waals surface area contributed by atoms with Crippen LogP contribution in [0.3, 0.4) is 0 Å². The molecule has 1 rings (SSSR count). The Morgan fingerprint density at radius 2 is 2.00 bits per heavy atom. The van der Waals surface area contributed by atoms with Crippen molar-refractivity contribution in [3.05, 3.63) is 29.3 Å². The largest absolute Gasteiger partial charge is 0.384 e. The van der Waals surface area contributed by atoms with Gasteiger partial charge in [-0.2, -0.15) is 0 Å². The molecule has 0 saturated heterocycles. The topological polar surface area (TPSA) is 57.6 Å². The van der Waals surface area contributed by atoms with E-state index in [1.165, 1.54) is 24.5 Å². The molecule has 0 heterocycles. The molecule has 0 aromatic heterocycles. The van der Waals surface area contributed by atoms with Gasteiger partial charge in [-0.25, -0.2) is 12.7 Å². The van der Waals surface area contributed by atoms with Crippen LogP contribution in [0, 0.1) is 18.8 Å². The molecule has 0 bridgehead atoms. The molecule has 0 amide bonds. The number of rotatable bonds is 2. The van der Waals surface area contributed by atoms with Crippen LogP contribution in [-0.4, -0.2) is 38.5 Å². The molecule has 0 spiro atoms. The summed E-state index contributed by atoms with van der Waals surface area (Å²) in [5.41, 5.74) is 1.25. The van der Waals surface area contributed by atoms with Crippen LogP contribution >= 0.6 is 0 Å². The van der Waals surface area contributed by atoms with Crippen molar-refractivity contribution in [3.63, 3.8) is 0 Å². The molecular formula is C12H15NO3S. The van der Waals surface area contributed by atoms with Gasteiger partial charge in [-0.3, -0.25) is 0 Å². The van der Waals surface area contributed by atoms with Gasteiger partial charge in [-0.05, 0) is 24.6 Å². The molecule has 0 radical (unpaired) electrons. The average Bonchev–Trinajstić information content (AvgIpc) is 2.27. The Bertz CT molecular complexity index is 565. The van der Waals surface area contributed by atoms with E-state index in [4.69, 9.17) is 5.11 Å². The summed E-state index contributed by atoms with van der Waals surface area (Å²) in [5.74, 6) is 5.18. The zero-order chi connectivity index (χ0) is 13.1. The Morgan fingerprint density at radius 1 is 1.35 bits per heavy atom. The number of benzene rings is 1. The number of aliphatic hydroxyl groups excluding tert-OH is 1. The number of nitrogens with zero attached hydrogens (tertiary/aromatic N) is 1. The molecule has 1 N–H and O–H groups in total. The van der Waals surface area contributed by atoms with E-state index in [1.54, 1.807) is 19.1 Å². The molecule has 1 aromatic carbocycles. The lowest BCUT2D eigenvalue weighted by molar-refractivity contribution is 0.350. The number of aryl methyl sites for hydroxylation is 1. The monoisotopic (exact) mass is 253 g/mol. The highest BCUT2D eigenvalue weighted by Crippen LogP contribution is 2.19. The second-order valence-electron chi connectivity index (χ2n) is 3.73. The SMILES string of the molecule is Cc1ccc(C#CCO)cc1S(=O)(=O)N(C)C. The zero-order valence-electron chi connectivity index (χ0n) is 10.1. The lowest BCUT2D eigenvalue weighted by Gasteiger charge is -2.13. The number of hydrogen-bond acceptors (Lipinski definition) is 3. The van der Waals surface area contributed by atoms with Crippen LogP contribution in [0.4, 0.5) is 0 Å². The predicted molar refractivity (Wildman–Crippen MR) is 66.0 cm³/mol. The van der Waals surface area contributed by atoms with Crippen LogP contribution in [0.25, 0.3) is 0 Å². The summed E-state index contributed by atoms with van der Waals surface area (Å²) >= 11 is 0. The molecule has 1 aromatic rings. The van der Waals surface area contributed by atoms with Crippen molar-refractivity contribution in [2.45, 2.75) is 11.8 Å². The van der Waals surface area contributed by atoms with Crippen molar-refractivity contribution in [1.29, 1.82) is 0 Å². The molecule has 5 heteroatoms. The van der Waals surface area contributed by atoms with E-state index >= 15 is 0 Å². The standard InChI is InChI=1S/C12H15NO3S/c1-10-6-7-11(5-4-8-14)9-12(10)17(15,16)13(2)3/h6-7,9,14H,8H2,1-3H3. The molecular weight excluding hydrogens is 238 g/mol. The first-order valence-electron chi connectivity index (χ1n) is 5.02. The number of sulfonamides is 1. The summed E-state index contributed by atoms with van der Waals surface area (Å²) in [4.78, 5) is 0.243. The van der Waals surface area contributed by atoms with Gasteiger partial charge < -0.3 is 5.11 Å². The predicted octanol–water partition coefficient (Wildman–Crippen LogP) is 0.589. The van der Waals surface area contributed by atoms with Crippen LogP contribution in [0.5, 0.6) is 0 Å². The van der Waals surface area contributed by atoms with E-state index in [0.29, 0.717) is 11.1 Å². The second kappa shape index (κ2) is 5.32. The highest BCUT2D eigenvalue weighted by molar-refractivity contribution is 7.89. The summed E-state index contributed by atoms with van der Waals surface area (Å²) in [6.07, 6.45) is 0. The Hall–Kier alpha value is -1.35. The molecule has 0 atom stereocenters. The fourth-order valence-corrected chi connectivity index (χ4v) is 2.44. The minimum Gasteiger partial charge on any atom is -0.384 e. The van der Waals surface area contributed by atoms with Gasteiger partial charge in [0.1, 0.15) is 6.61 Å². The summed E-state index contributed by atoms with van der Waals surface area (Å²) in [7, 11) is -0.478. The molecule has 92 valence electrons. The number of aliphatic hydroxyl groups is 1. The maximum absolute atomic E-state index is 12.0. The first-order valence-corrected chi connectivity index (χ1v) is 6.46. The van der Waals surface area contributed by atoms with E-state index in [2.05, 4.69) is 11.8 Å². The highest BCUT2D eigenvalue weighted by atomic mass is 32.2. The van der Waals surface area contributed by atoms with Gasteiger partial charge in [-0.1, -0.05) is 17.9 Å². The summed E-state index contributed by atoms with van der Waals surface area (Å²) in [6, 6.07) is 4.96. The van der Waals surface area contributed by atoms with E-state index < -0.39 is 10.0 Å². The summed E-state index contributed by atoms with van der Waals surface area (Å²) < 4.78 is 25.2. The fraction of sp³-hybridized carbons (Fsp3) is 0.333. The highest BCUT2D eigenvalue weighted by Gasteiger charge is 2.19. The van der Waals surface area contributed by atoms with E-state index in [1.807, 2.05) is 0 Å². The van der Waals surface area contributed by atoms with Gasteiger partial charge in [0.05, 0.1) is 4.90 Å². The van der Waals surface area contributed by atoms with Crippen molar-refractivity contribution in [1.82, 2.24) is 4.31 Å². The average molecular weight is 253 g/mol. The van der Waals surface area contributed by atoms with Crippen molar-refractivity contribution in [2.24, 2.45) is 0 Å². The van der Waals surface area contributed by atoms with Crippen LogP contribution < -0.4 is 0 Å². The molecule has 0 unspecified atom stereocenters. The van der Waals surface area contributed by atoms with Crippen LogP contribution in [0.15, 0.2) is 23.1 Å². The van der Waals surface area contributed by atoms with Gasteiger partial charge in [-0.15, -0.1) is 0 Å². The van der Waals surface area contributed by atoms with Crippen LogP contribution in [0.2, 0.25) is 0 Å². The maximum Gasteiger partial charge on any atom is 0.242 e. The van der Waals surface area contributed by atoms with E-state index in [9.17, 15) is 8.42 Å². The molecule has 17 heavy (non-hydrogen) atoms. The first kappa shape index (κ1) is 13.7. The molecule has 0 aliphatic rings.